The molecule has 1 aromatic heterocycles. The van der Waals surface area contributed by atoms with Crippen LogP contribution in [0.15, 0.2) is 169 Å². The number of fused-ring (bicyclic) bond motifs is 4. The molecule has 0 fully saturated rings. The zero-order valence-electron chi connectivity index (χ0n) is 25.6. The average Bonchev–Trinajstić information content (AvgIpc) is 3.79. The molecule has 0 saturated carbocycles. The molecule has 3 heterocycles. The summed E-state index contributed by atoms with van der Waals surface area (Å²) in [5.74, 6) is 0.995. The van der Waals surface area contributed by atoms with E-state index in [2.05, 4.69) is 165 Å². The molecule has 7 aromatic rings. The summed E-state index contributed by atoms with van der Waals surface area (Å²) < 4.78 is 2.35. The van der Waals surface area contributed by atoms with Gasteiger partial charge in [0.1, 0.15) is 5.82 Å². The standard InChI is InChI=1S/C41H32N6/c1-2-10-28(11-3-1)40-41(45-36-15-7-6-14-35(36)44-40)29-18-20-30(21-19-29)46(39-26-42-27-43-39)31-22-24-32(25-23-31)47-37-16-8-4-12-33(37)34-13-5-9-17-38(34)47/h1-26,40,42-44H,27H2. The van der Waals surface area contributed by atoms with Crippen molar-refractivity contribution in [1.82, 2.24) is 15.2 Å². The lowest BCUT2D eigenvalue weighted by Crippen LogP contribution is -2.26. The van der Waals surface area contributed by atoms with E-state index in [1.165, 1.54) is 27.4 Å². The molecule has 0 spiro atoms. The number of nitrogens with zero attached hydrogens (tertiary/aromatic N) is 3. The minimum absolute atomic E-state index is 0.0511. The molecule has 6 aromatic carbocycles. The summed E-state index contributed by atoms with van der Waals surface area (Å²) >= 11 is 0. The summed E-state index contributed by atoms with van der Waals surface area (Å²) in [6.45, 7) is 0.685. The fraction of sp³-hybridized carbons (Fsp3) is 0.0488. The second-order valence-electron chi connectivity index (χ2n) is 11.9. The van der Waals surface area contributed by atoms with Crippen molar-refractivity contribution >= 4 is 50.3 Å². The van der Waals surface area contributed by atoms with Gasteiger partial charge in [0, 0.05) is 34.0 Å². The number of anilines is 3. The van der Waals surface area contributed by atoms with E-state index in [1.807, 2.05) is 18.3 Å². The van der Waals surface area contributed by atoms with E-state index in [4.69, 9.17) is 4.99 Å². The first-order chi connectivity index (χ1) is 23.3. The van der Waals surface area contributed by atoms with Crippen molar-refractivity contribution in [1.29, 1.82) is 0 Å². The number of hydrogen-bond donors (Lipinski definition) is 3. The fourth-order valence-electron chi connectivity index (χ4n) is 6.87. The number of aliphatic imine (C=N–C) groups is 1. The van der Waals surface area contributed by atoms with E-state index in [-0.39, 0.29) is 6.04 Å². The van der Waals surface area contributed by atoms with Crippen LogP contribution in [0.2, 0.25) is 0 Å². The molecular formula is C41H32N6. The molecule has 0 amide bonds. The van der Waals surface area contributed by atoms with Crippen LogP contribution in [-0.4, -0.2) is 16.9 Å². The second kappa shape index (κ2) is 11.3. The largest absolute Gasteiger partial charge is 0.371 e. The summed E-state index contributed by atoms with van der Waals surface area (Å²) in [7, 11) is 0. The third-order valence-electron chi connectivity index (χ3n) is 9.07. The zero-order chi connectivity index (χ0) is 31.2. The Bertz CT molecular complexity index is 2250. The Hall–Kier alpha value is -6.27. The fourth-order valence-corrected chi connectivity index (χ4v) is 6.87. The number of nitrogens with one attached hydrogen (secondary N) is 3. The maximum Gasteiger partial charge on any atom is 0.128 e. The van der Waals surface area contributed by atoms with Crippen molar-refractivity contribution in [3.63, 3.8) is 0 Å². The van der Waals surface area contributed by atoms with Crippen LogP contribution < -0.4 is 20.9 Å². The molecule has 6 heteroatoms. The molecular weight excluding hydrogens is 576 g/mol. The minimum Gasteiger partial charge on any atom is -0.371 e. The topological polar surface area (TPSA) is 56.6 Å². The summed E-state index contributed by atoms with van der Waals surface area (Å²) in [4.78, 5) is 7.42. The molecule has 0 saturated heterocycles. The third kappa shape index (κ3) is 4.70. The number of benzene rings is 6. The van der Waals surface area contributed by atoms with Crippen LogP contribution in [-0.2, 0) is 0 Å². The van der Waals surface area contributed by atoms with Gasteiger partial charge in [0.15, 0.2) is 0 Å². The predicted molar refractivity (Wildman–Crippen MR) is 194 cm³/mol. The Morgan fingerprint density at radius 1 is 0.617 bits per heavy atom. The van der Waals surface area contributed by atoms with Gasteiger partial charge in [0.25, 0.3) is 0 Å². The van der Waals surface area contributed by atoms with Crippen molar-refractivity contribution in [2.24, 2.45) is 4.99 Å². The van der Waals surface area contributed by atoms with E-state index in [0.717, 1.165) is 45.5 Å². The van der Waals surface area contributed by atoms with Crippen molar-refractivity contribution in [3.8, 4) is 5.69 Å². The van der Waals surface area contributed by atoms with Gasteiger partial charge in [-0.05, 0) is 71.8 Å². The Kier molecular flexibility index (Phi) is 6.49. The van der Waals surface area contributed by atoms with Crippen LogP contribution >= 0.6 is 0 Å². The molecule has 47 heavy (non-hydrogen) atoms. The molecule has 2 aliphatic rings. The third-order valence-corrected chi connectivity index (χ3v) is 9.07. The molecule has 0 bridgehead atoms. The first-order valence-corrected chi connectivity index (χ1v) is 16.0. The Morgan fingerprint density at radius 2 is 1.23 bits per heavy atom. The summed E-state index contributed by atoms with van der Waals surface area (Å²) in [5, 5.41) is 13.1. The van der Waals surface area contributed by atoms with Crippen LogP contribution in [0, 0.1) is 0 Å². The Balaban J connectivity index is 1.09. The molecule has 9 rings (SSSR count). The highest BCUT2D eigenvalue weighted by atomic mass is 15.3. The van der Waals surface area contributed by atoms with Gasteiger partial charge in [-0.3, -0.25) is 4.90 Å². The van der Waals surface area contributed by atoms with Gasteiger partial charge in [0.05, 0.1) is 40.8 Å². The van der Waals surface area contributed by atoms with Gasteiger partial charge in [-0.15, -0.1) is 0 Å². The lowest BCUT2D eigenvalue weighted by molar-refractivity contribution is 0.800. The lowest BCUT2D eigenvalue weighted by Gasteiger charge is -2.29. The molecule has 1 unspecified atom stereocenters. The molecule has 2 aliphatic heterocycles. The normalized spacial score (nSPS) is 15.3. The van der Waals surface area contributed by atoms with Crippen molar-refractivity contribution in [2.75, 3.05) is 16.9 Å². The lowest BCUT2D eigenvalue weighted by atomic mass is 9.94. The van der Waals surface area contributed by atoms with Gasteiger partial charge in [0.2, 0.25) is 0 Å². The second-order valence-corrected chi connectivity index (χ2v) is 11.9. The van der Waals surface area contributed by atoms with E-state index in [9.17, 15) is 0 Å². The zero-order valence-corrected chi connectivity index (χ0v) is 25.6. The molecule has 0 radical (unpaired) electrons. The summed E-state index contributed by atoms with van der Waals surface area (Å²) in [6.07, 6.45) is 2.03. The number of hydrogen-bond acceptors (Lipinski definition) is 5. The highest BCUT2D eigenvalue weighted by Crippen LogP contribution is 2.38. The first-order valence-electron chi connectivity index (χ1n) is 16.0. The number of rotatable bonds is 6. The van der Waals surface area contributed by atoms with E-state index in [0.29, 0.717) is 6.67 Å². The first kappa shape index (κ1) is 27.1. The van der Waals surface area contributed by atoms with Crippen LogP contribution in [0.3, 0.4) is 0 Å². The van der Waals surface area contributed by atoms with E-state index in [1.54, 1.807) is 0 Å². The van der Waals surface area contributed by atoms with Gasteiger partial charge in [-0.2, -0.15) is 0 Å². The van der Waals surface area contributed by atoms with Crippen LogP contribution in [0.4, 0.5) is 22.7 Å². The molecule has 1 atom stereocenters. The Labute approximate surface area is 273 Å². The van der Waals surface area contributed by atoms with Gasteiger partial charge >= 0.3 is 0 Å². The van der Waals surface area contributed by atoms with Gasteiger partial charge in [-0.1, -0.05) is 91.0 Å². The van der Waals surface area contributed by atoms with Gasteiger partial charge in [-0.25, -0.2) is 4.99 Å². The number of aromatic nitrogens is 1. The van der Waals surface area contributed by atoms with Gasteiger partial charge < -0.3 is 20.5 Å². The smallest absolute Gasteiger partial charge is 0.128 e. The van der Waals surface area contributed by atoms with Crippen LogP contribution in [0.1, 0.15) is 17.2 Å². The number of para-hydroxylation sites is 4. The molecule has 226 valence electrons. The van der Waals surface area contributed by atoms with Crippen LogP contribution in [0.25, 0.3) is 27.5 Å². The highest BCUT2D eigenvalue weighted by Gasteiger charge is 2.26. The predicted octanol–water partition coefficient (Wildman–Crippen LogP) is 9.16. The van der Waals surface area contributed by atoms with Crippen LogP contribution in [0.5, 0.6) is 0 Å². The summed E-state index contributed by atoms with van der Waals surface area (Å²) in [6, 6.07) is 53.5. The minimum atomic E-state index is -0.0511. The maximum absolute atomic E-state index is 5.17. The highest BCUT2D eigenvalue weighted by molar-refractivity contribution is 6.10. The summed E-state index contributed by atoms with van der Waals surface area (Å²) in [5.41, 5.74) is 10.9. The van der Waals surface area contributed by atoms with E-state index < -0.39 is 0 Å². The van der Waals surface area contributed by atoms with Crippen molar-refractivity contribution in [2.45, 2.75) is 6.04 Å². The maximum atomic E-state index is 5.17. The van der Waals surface area contributed by atoms with Crippen molar-refractivity contribution in [3.05, 3.63) is 175 Å². The SMILES string of the molecule is C1=C(N(c2ccc(C3=Nc4ccccc4NC3c3ccccc3)cc2)c2ccc(-n3c4ccccc4c4ccccc43)cc2)NCN1. The molecule has 3 N–H and O–H groups in total. The average molecular weight is 609 g/mol. The van der Waals surface area contributed by atoms with Crippen molar-refractivity contribution < 1.29 is 0 Å². The Morgan fingerprint density at radius 3 is 1.91 bits per heavy atom. The quantitative estimate of drug-likeness (QED) is 0.176. The monoisotopic (exact) mass is 608 g/mol. The molecule has 0 aliphatic carbocycles. The molecule has 6 nitrogen and oxygen atoms in total. The van der Waals surface area contributed by atoms with E-state index >= 15 is 0 Å².